The van der Waals surface area contributed by atoms with Crippen LogP contribution in [0.2, 0.25) is 0 Å². The van der Waals surface area contributed by atoms with Gasteiger partial charge >= 0.3 is 5.97 Å². The Morgan fingerprint density at radius 1 is 1.32 bits per heavy atom. The molecule has 0 saturated carbocycles. The molecule has 1 heterocycles. The number of benzene rings is 1. The zero-order valence-corrected chi connectivity index (χ0v) is 10.3. The summed E-state index contributed by atoms with van der Waals surface area (Å²) in [7, 11) is 0. The van der Waals surface area contributed by atoms with Crippen molar-refractivity contribution in [3.8, 4) is 0 Å². The normalized spacial score (nSPS) is 11.9. The largest absolute Gasteiger partial charge is 0.478 e. The van der Waals surface area contributed by atoms with E-state index in [1.165, 1.54) is 12.1 Å². The van der Waals surface area contributed by atoms with Gasteiger partial charge in [-0.1, -0.05) is 0 Å². The summed E-state index contributed by atoms with van der Waals surface area (Å²) in [4.78, 5) is 14.8. The number of hydrogen-bond donors (Lipinski definition) is 2. The Morgan fingerprint density at radius 3 is 2.63 bits per heavy atom. The predicted octanol–water partition coefficient (Wildman–Crippen LogP) is 3.09. The Kier molecular flexibility index (Phi) is 3.75. The van der Waals surface area contributed by atoms with E-state index in [2.05, 4.69) is 10.3 Å². The van der Waals surface area contributed by atoms with Crippen LogP contribution in [0.3, 0.4) is 0 Å². The molecule has 2 rings (SSSR count). The van der Waals surface area contributed by atoms with Gasteiger partial charge in [-0.2, -0.15) is 0 Å². The quantitative estimate of drug-likeness (QED) is 0.886. The Balaban J connectivity index is 2.23. The second-order valence-corrected chi connectivity index (χ2v) is 4.15. The molecule has 0 amide bonds. The minimum atomic E-state index is -1.08. The highest BCUT2D eigenvalue weighted by molar-refractivity contribution is 5.88. The summed E-state index contributed by atoms with van der Waals surface area (Å²) in [5, 5.41) is 11.8. The monoisotopic (exact) mass is 260 g/mol. The van der Waals surface area contributed by atoms with Crippen molar-refractivity contribution >= 4 is 11.7 Å². The van der Waals surface area contributed by atoms with Gasteiger partial charge in [-0.3, -0.25) is 4.98 Å². The average Bonchev–Trinajstić information content (AvgIpc) is 2.42. The number of nitrogens with zero attached hydrogens (tertiary/aromatic N) is 1. The Bertz CT molecular complexity index is 587. The average molecular weight is 260 g/mol. The number of aromatic carboxylic acids is 1. The second kappa shape index (κ2) is 5.48. The molecule has 0 bridgehead atoms. The lowest BCUT2D eigenvalue weighted by Crippen LogP contribution is -2.09. The molecule has 0 aliphatic rings. The van der Waals surface area contributed by atoms with Crippen LogP contribution in [0.4, 0.5) is 10.1 Å². The van der Waals surface area contributed by atoms with E-state index < -0.39 is 11.8 Å². The van der Waals surface area contributed by atoms with Gasteiger partial charge in [0.15, 0.2) is 0 Å². The second-order valence-electron chi connectivity index (χ2n) is 4.15. The first kappa shape index (κ1) is 13.0. The molecule has 2 N–H and O–H groups in total. The third-order valence-electron chi connectivity index (χ3n) is 2.79. The highest BCUT2D eigenvalue weighted by Gasteiger charge is 2.11. The highest BCUT2D eigenvalue weighted by atomic mass is 19.1. The molecular formula is C14H13FN2O2. The fourth-order valence-corrected chi connectivity index (χ4v) is 1.74. The van der Waals surface area contributed by atoms with Crippen LogP contribution in [0.15, 0.2) is 42.7 Å². The van der Waals surface area contributed by atoms with Crippen LogP contribution in [-0.4, -0.2) is 16.1 Å². The van der Waals surface area contributed by atoms with E-state index in [-0.39, 0.29) is 17.3 Å². The fraction of sp³-hybridized carbons (Fsp3) is 0.143. The van der Waals surface area contributed by atoms with Gasteiger partial charge in [0.2, 0.25) is 0 Å². The van der Waals surface area contributed by atoms with E-state index in [1.807, 2.05) is 19.1 Å². The van der Waals surface area contributed by atoms with E-state index in [1.54, 1.807) is 12.4 Å². The van der Waals surface area contributed by atoms with Crippen molar-refractivity contribution in [1.82, 2.24) is 4.98 Å². The number of carboxylic acids is 1. The molecule has 0 saturated heterocycles. The number of aromatic nitrogens is 1. The van der Waals surface area contributed by atoms with Gasteiger partial charge in [0.05, 0.1) is 11.3 Å². The Morgan fingerprint density at radius 2 is 2.00 bits per heavy atom. The lowest BCUT2D eigenvalue weighted by atomic mass is 10.1. The number of nitrogens with one attached hydrogen (secondary N) is 1. The molecule has 98 valence electrons. The summed E-state index contributed by atoms with van der Waals surface area (Å²) in [6.07, 6.45) is 3.30. The molecule has 0 spiro atoms. The molecule has 0 aliphatic heterocycles. The van der Waals surface area contributed by atoms with Crippen LogP contribution >= 0.6 is 0 Å². The van der Waals surface area contributed by atoms with Crippen molar-refractivity contribution in [2.24, 2.45) is 0 Å². The maximum atomic E-state index is 13.6. The molecule has 1 unspecified atom stereocenters. The van der Waals surface area contributed by atoms with E-state index in [0.717, 1.165) is 11.6 Å². The van der Waals surface area contributed by atoms with Gasteiger partial charge in [0, 0.05) is 18.4 Å². The van der Waals surface area contributed by atoms with Gasteiger partial charge in [-0.25, -0.2) is 9.18 Å². The zero-order valence-electron chi connectivity index (χ0n) is 10.3. The summed E-state index contributed by atoms with van der Waals surface area (Å²) in [5.41, 5.74) is 1.16. The van der Waals surface area contributed by atoms with Gasteiger partial charge in [-0.05, 0) is 42.8 Å². The number of hydrogen-bond acceptors (Lipinski definition) is 3. The Hall–Kier alpha value is -2.43. The minimum absolute atomic E-state index is 0.0471. The molecule has 1 aromatic carbocycles. The first-order chi connectivity index (χ1) is 9.08. The summed E-state index contributed by atoms with van der Waals surface area (Å²) < 4.78 is 13.6. The first-order valence-corrected chi connectivity index (χ1v) is 5.77. The van der Waals surface area contributed by atoms with Crippen LogP contribution in [0.1, 0.15) is 28.9 Å². The predicted molar refractivity (Wildman–Crippen MR) is 69.6 cm³/mol. The van der Waals surface area contributed by atoms with E-state index in [4.69, 9.17) is 5.11 Å². The van der Waals surface area contributed by atoms with Crippen LogP contribution in [0.25, 0.3) is 0 Å². The lowest BCUT2D eigenvalue weighted by Gasteiger charge is -2.16. The number of carbonyl (C=O) groups is 1. The van der Waals surface area contributed by atoms with Crippen molar-refractivity contribution < 1.29 is 14.3 Å². The molecule has 5 heteroatoms. The van der Waals surface area contributed by atoms with E-state index in [0.29, 0.717) is 0 Å². The molecule has 1 atom stereocenters. The minimum Gasteiger partial charge on any atom is -0.478 e. The number of pyridine rings is 1. The standard InChI is InChI=1S/C14H13FN2O2/c1-9(10-4-6-16-7-5-10)17-13-8-11(14(18)19)2-3-12(13)15/h2-9,17H,1H3,(H,18,19). The molecule has 2 aromatic rings. The highest BCUT2D eigenvalue weighted by Crippen LogP contribution is 2.22. The van der Waals surface area contributed by atoms with E-state index in [9.17, 15) is 9.18 Å². The van der Waals surface area contributed by atoms with Gasteiger partial charge in [0.25, 0.3) is 0 Å². The number of carboxylic acid groups (broad SMARTS) is 1. The third-order valence-corrected chi connectivity index (χ3v) is 2.79. The van der Waals surface area contributed by atoms with Gasteiger partial charge in [-0.15, -0.1) is 0 Å². The summed E-state index contributed by atoms with van der Waals surface area (Å²) >= 11 is 0. The van der Waals surface area contributed by atoms with Crippen molar-refractivity contribution in [2.75, 3.05) is 5.32 Å². The SMILES string of the molecule is CC(Nc1cc(C(=O)O)ccc1F)c1ccncc1. The summed E-state index contributed by atoms with van der Waals surface area (Å²) in [5.74, 6) is -1.56. The summed E-state index contributed by atoms with van der Waals surface area (Å²) in [6, 6.07) is 7.15. The topological polar surface area (TPSA) is 62.2 Å². The molecular weight excluding hydrogens is 247 g/mol. The Labute approximate surface area is 109 Å². The fourth-order valence-electron chi connectivity index (χ4n) is 1.74. The maximum Gasteiger partial charge on any atom is 0.335 e. The van der Waals surface area contributed by atoms with Gasteiger partial charge < -0.3 is 10.4 Å². The molecule has 0 fully saturated rings. The van der Waals surface area contributed by atoms with Gasteiger partial charge in [0.1, 0.15) is 5.82 Å². The third kappa shape index (κ3) is 3.07. The molecule has 0 aliphatic carbocycles. The number of rotatable bonds is 4. The lowest BCUT2D eigenvalue weighted by molar-refractivity contribution is 0.0697. The van der Waals surface area contributed by atoms with Crippen molar-refractivity contribution in [3.05, 3.63) is 59.7 Å². The van der Waals surface area contributed by atoms with E-state index >= 15 is 0 Å². The van der Waals surface area contributed by atoms with Crippen LogP contribution in [0.5, 0.6) is 0 Å². The van der Waals surface area contributed by atoms with Crippen LogP contribution in [-0.2, 0) is 0 Å². The maximum absolute atomic E-state index is 13.6. The molecule has 4 nitrogen and oxygen atoms in total. The molecule has 1 aromatic heterocycles. The molecule has 0 radical (unpaired) electrons. The van der Waals surface area contributed by atoms with Crippen molar-refractivity contribution in [1.29, 1.82) is 0 Å². The summed E-state index contributed by atoms with van der Waals surface area (Å²) in [6.45, 7) is 1.86. The van der Waals surface area contributed by atoms with Crippen LogP contribution < -0.4 is 5.32 Å². The zero-order chi connectivity index (χ0) is 13.8. The number of halogens is 1. The first-order valence-electron chi connectivity index (χ1n) is 5.77. The molecule has 19 heavy (non-hydrogen) atoms. The number of anilines is 1. The van der Waals surface area contributed by atoms with Crippen molar-refractivity contribution in [3.63, 3.8) is 0 Å². The van der Waals surface area contributed by atoms with Crippen molar-refractivity contribution in [2.45, 2.75) is 13.0 Å². The smallest absolute Gasteiger partial charge is 0.335 e. The van der Waals surface area contributed by atoms with Crippen LogP contribution in [0, 0.1) is 5.82 Å².